The summed E-state index contributed by atoms with van der Waals surface area (Å²) in [6.07, 6.45) is 9.13. The van der Waals surface area contributed by atoms with Gasteiger partial charge in [0.05, 0.1) is 6.04 Å². The van der Waals surface area contributed by atoms with Gasteiger partial charge in [-0.25, -0.2) is 0 Å². The van der Waals surface area contributed by atoms with Gasteiger partial charge < -0.3 is 9.73 Å². The zero-order valence-corrected chi connectivity index (χ0v) is 11.6. The smallest absolute Gasteiger partial charge is 0.233 e. The molecule has 0 aromatic carbocycles. The number of nitrogens with zero attached hydrogens (tertiary/aromatic N) is 2. The molecule has 0 bridgehead atoms. The molecular formula is C14H25N3O. The summed E-state index contributed by atoms with van der Waals surface area (Å²) in [6, 6.07) is 0.158. The molecule has 1 unspecified atom stereocenters. The second-order valence-electron chi connectivity index (χ2n) is 5.36. The molecule has 1 N–H and O–H groups in total. The van der Waals surface area contributed by atoms with E-state index in [0.717, 1.165) is 30.7 Å². The fourth-order valence-corrected chi connectivity index (χ4v) is 2.74. The van der Waals surface area contributed by atoms with Crippen LogP contribution in [-0.2, 0) is 6.42 Å². The monoisotopic (exact) mass is 251 g/mol. The Bertz CT molecular complexity index is 345. The average Bonchev–Trinajstić information content (AvgIpc) is 2.87. The van der Waals surface area contributed by atoms with E-state index < -0.39 is 0 Å². The van der Waals surface area contributed by atoms with Crippen LogP contribution in [0.5, 0.6) is 0 Å². The highest BCUT2D eigenvalue weighted by Crippen LogP contribution is 2.27. The Hall–Kier alpha value is -0.900. The number of nitrogens with one attached hydrogen (secondary N) is 1. The van der Waals surface area contributed by atoms with Crippen molar-refractivity contribution in [1.29, 1.82) is 0 Å². The maximum atomic E-state index is 5.70. The second kappa shape index (κ2) is 6.88. The molecule has 4 heteroatoms. The summed E-state index contributed by atoms with van der Waals surface area (Å²) in [7, 11) is 0. The molecule has 4 nitrogen and oxygen atoms in total. The summed E-state index contributed by atoms with van der Waals surface area (Å²) in [5.74, 6) is 2.40. The third kappa shape index (κ3) is 3.80. The van der Waals surface area contributed by atoms with Gasteiger partial charge in [0.2, 0.25) is 11.8 Å². The molecule has 1 heterocycles. The van der Waals surface area contributed by atoms with Crippen molar-refractivity contribution in [1.82, 2.24) is 15.5 Å². The van der Waals surface area contributed by atoms with Crippen LogP contribution in [0.4, 0.5) is 0 Å². The molecule has 0 aliphatic heterocycles. The summed E-state index contributed by atoms with van der Waals surface area (Å²) in [4.78, 5) is 0. The fraction of sp³-hybridized carbons (Fsp3) is 0.857. The molecule has 2 rings (SSSR count). The van der Waals surface area contributed by atoms with Crippen molar-refractivity contribution < 1.29 is 4.42 Å². The largest absolute Gasteiger partial charge is 0.424 e. The summed E-state index contributed by atoms with van der Waals surface area (Å²) < 4.78 is 5.70. The van der Waals surface area contributed by atoms with E-state index in [1.54, 1.807) is 0 Å². The molecule has 102 valence electrons. The normalized spacial score (nSPS) is 19.0. The second-order valence-corrected chi connectivity index (χ2v) is 5.36. The van der Waals surface area contributed by atoms with Crippen LogP contribution in [0.25, 0.3) is 0 Å². The molecule has 1 saturated carbocycles. The minimum absolute atomic E-state index is 0.158. The Balaban J connectivity index is 1.79. The van der Waals surface area contributed by atoms with Crippen molar-refractivity contribution in [2.24, 2.45) is 5.92 Å². The molecular weight excluding hydrogens is 226 g/mol. The minimum atomic E-state index is 0.158. The van der Waals surface area contributed by atoms with E-state index in [2.05, 4.69) is 29.4 Å². The van der Waals surface area contributed by atoms with Gasteiger partial charge in [-0.15, -0.1) is 10.2 Å². The van der Waals surface area contributed by atoms with Gasteiger partial charge in [-0.3, -0.25) is 0 Å². The van der Waals surface area contributed by atoms with E-state index in [4.69, 9.17) is 4.42 Å². The van der Waals surface area contributed by atoms with Gasteiger partial charge in [0.1, 0.15) is 0 Å². The zero-order valence-electron chi connectivity index (χ0n) is 11.6. The van der Waals surface area contributed by atoms with Crippen molar-refractivity contribution in [2.75, 3.05) is 6.54 Å². The van der Waals surface area contributed by atoms with Crippen molar-refractivity contribution in [3.63, 3.8) is 0 Å². The molecule has 18 heavy (non-hydrogen) atoms. The summed E-state index contributed by atoms with van der Waals surface area (Å²) >= 11 is 0. The van der Waals surface area contributed by atoms with Gasteiger partial charge in [0, 0.05) is 6.42 Å². The van der Waals surface area contributed by atoms with Crippen LogP contribution in [0.1, 0.15) is 70.2 Å². The minimum Gasteiger partial charge on any atom is -0.424 e. The highest BCUT2D eigenvalue weighted by Gasteiger charge is 2.16. The SMILES string of the molecule is CCNC(C)c1nnc(CCC2CCCCC2)o1. The number of aromatic nitrogens is 2. The van der Waals surface area contributed by atoms with Gasteiger partial charge in [0.25, 0.3) is 0 Å². The van der Waals surface area contributed by atoms with Crippen LogP contribution in [0.2, 0.25) is 0 Å². The first-order valence-corrected chi connectivity index (χ1v) is 7.35. The Morgan fingerprint density at radius 1 is 1.28 bits per heavy atom. The third-order valence-corrected chi connectivity index (χ3v) is 3.85. The van der Waals surface area contributed by atoms with Crippen molar-refractivity contribution in [3.05, 3.63) is 11.8 Å². The fourth-order valence-electron chi connectivity index (χ4n) is 2.74. The molecule has 0 spiro atoms. The third-order valence-electron chi connectivity index (χ3n) is 3.85. The molecule has 1 aliphatic rings. The van der Waals surface area contributed by atoms with Crippen LogP contribution in [0.3, 0.4) is 0 Å². The van der Waals surface area contributed by atoms with Crippen LogP contribution < -0.4 is 5.32 Å². The van der Waals surface area contributed by atoms with Gasteiger partial charge >= 0.3 is 0 Å². The van der Waals surface area contributed by atoms with Crippen molar-refractivity contribution in [2.45, 2.75) is 64.8 Å². The van der Waals surface area contributed by atoms with Gasteiger partial charge in [-0.05, 0) is 25.8 Å². The number of hydrogen-bond acceptors (Lipinski definition) is 4. The summed E-state index contributed by atoms with van der Waals surface area (Å²) in [6.45, 7) is 5.06. The molecule has 0 saturated heterocycles. The van der Waals surface area contributed by atoms with E-state index in [0.29, 0.717) is 0 Å². The van der Waals surface area contributed by atoms with Crippen molar-refractivity contribution in [3.8, 4) is 0 Å². The molecule has 1 fully saturated rings. The zero-order chi connectivity index (χ0) is 12.8. The average molecular weight is 251 g/mol. The number of hydrogen-bond donors (Lipinski definition) is 1. The van der Waals surface area contributed by atoms with Crippen LogP contribution >= 0.6 is 0 Å². The Morgan fingerprint density at radius 3 is 2.78 bits per heavy atom. The van der Waals surface area contributed by atoms with Gasteiger partial charge in [0.15, 0.2) is 0 Å². The van der Waals surface area contributed by atoms with Crippen molar-refractivity contribution >= 4 is 0 Å². The highest BCUT2D eigenvalue weighted by atomic mass is 16.4. The van der Waals surface area contributed by atoms with Crippen LogP contribution in [0.15, 0.2) is 4.42 Å². The molecule has 0 radical (unpaired) electrons. The van der Waals surface area contributed by atoms with E-state index in [9.17, 15) is 0 Å². The summed E-state index contributed by atoms with van der Waals surface area (Å²) in [5, 5.41) is 11.6. The number of aryl methyl sites for hydroxylation is 1. The maximum Gasteiger partial charge on any atom is 0.233 e. The Morgan fingerprint density at radius 2 is 2.06 bits per heavy atom. The lowest BCUT2D eigenvalue weighted by Crippen LogP contribution is -2.17. The van der Waals surface area contributed by atoms with E-state index in [1.807, 2.05) is 0 Å². The Labute approximate surface area is 110 Å². The van der Waals surface area contributed by atoms with E-state index in [1.165, 1.54) is 38.5 Å². The first-order valence-electron chi connectivity index (χ1n) is 7.35. The van der Waals surface area contributed by atoms with Gasteiger partial charge in [-0.2, -0.15) is 0 Å². The molecule has 1 atom stereocenters. The lowest BCUT2D eigenvalue weighted by atomic mass is 9.86. The van der Waals surface area contributed by atoms with Gasteiger partial charge in [-0.1, -0.05) is 39.0 Å². The lowest BCUT2D eigenvalue weighted by Gasteiger charge is -2.20. The highest BCUT2D eigenvalue weighted by molar-refractivity contribution is 4.88. The van der Waals surface area contributed by atoms with E-state index >= 15 is 0 Å². The molecule has 1 aromatic rings. The first kappa shape index (κ1) is 13.5. The molecule has 1 aliphatic carbocycles. The van der Waals surface area contributed by atoms with Crippen LogP contribution in [-0.4, -0.2) is 16.7 Å². The number of rotatable bonds is 6. The lowest BCUT2D eigenvalue weighted by molar-refractivity contribution is 0.322. The quantitative estimate of drug-likeness (QED) is 0.843. The molecule has 0 amide bonds. The predicted molar refractivity (Wildman–Crippen MR) is 71.3 cm³/mol. The maximum absolute atomic E-state index is 5.70. The summed E-state index contributed by atoms with van der Waals surface area (Å²) in [5.41, 5.74) is 0. The van der Waals surface area contributed by atoms with E-state index in [-0.39, 0.29) is 6.04 Å². The topological polar surface area (TPSA) is 51.0 Å². The molecule has 1 aromatic heterocycles. The predicted octanol–water partition coefficient (Wildman–Crippen LogP) is 3.25. The first-order chi connectivity index (χ1) is 8.79. The van der Waals surface area contributed by atoms with Crippen LogP contribution in [0, 0.1) is 5.92 Å². The standard InChI is InChI=1S/C14H25N3O/c1-3-15-11(2)14-17-16-13(18-14)10-9-12-7-5-4-6-8-12/h11-12,15H,3-10H2,1-2H3. The Kier molecular flexibility index (Phi) is 5.17.